The molecular formula is C25H24N2O6. The molecule has 0 atom stereocenters. The molecule has 8 heteroatoms. The average Bonchev–Trinajstić information content (AvgIpc) is 3.39. The highest BCUT2D eigenvalue weighted by atomic mass is 16.5. The van der Waals surface area contributed by atoms with E-state index < -0.39 is 18.5 Å². The summed E-state index contributed by atoms with van der Waals surface area (Å²) in [5.41, 5.74) is 0.479. The summed E-state index contributed by atoms with van der Waals surface area (Å²) in [5.74, 6) is -0.0413. The highest BCUT2D eigenvalue weighted by Gasteiger charge is 2.30. The van der Waals surface area contributed by atoms with Crippen LogP contribution in [-0.2, 0) is 14.3 Å². The zero-order valence-electron chi connectivity index (χ0n) is 17.9. The molecule has 1 aliphatic rings. The second kappa shape index (κ2) is 10.5. The predicted molar refractivity (Wildman–Crippen MR) is 120 cm³/mol. The summed E-state index contributed by atoms with van der Waals surface area (Å²) in [5, 5.41) is 2.72. The molecule has 2 amide bonds. The first-order valence-electron chi connectivity index (χ1n) is 10.7. The molecule has 3 aromatic rings. The van der Waals surface area contributed by atoms with Gasteiger partial charge in [-0.05, 0) is 49.2 Å². The van der Waals surface area contributed by atoms with E-state index in [0.717, 1.165) is 0 Å². The molecule has 0 radical (unpaired) electrons. The second-order valence-corrected chi connectivity index (χ2v) is 7.61. The van der Waals surface area contributed by atoms with Crippen molar-refractivity contribution in [2.75, 3.05) is 25.0 Å². The number of amides is 2. The molecule has 4 rings (SSSR count). The van der Waals surface area contributed by atoms with E-state index in [1.54, 1.807) is 41.3 Å². The van der Waals surface area contributed by atoms with Crippen LogP contribution in [-0.4, -0.2) is 42.4 Å². The highest BCUT2D eigenvalue weighted by Crippen LogP contribution is 2.29. The Kier molecular flexibility index (Phi) is 7.04. The number of rotatable bonds is 7. The number of para-hydroxylation sites is 3. The van der Waals surface area contributed by atoms with Crippen molar-refractivity contribution in [3.63, 3.8) is 0 Å². The zero-order chi connectivity index (χ0) is 23.0. The van der Waals surface area contributed by atoms with Crippen LogP contribution in [0.3, 0.4) is 0 Å². The number of furan rings is 1. The summed E-state index contributed by atoms with van der Waals surface area (Å²) in [6.45, 7) is 0.454. The number of benzene rings is 2. The van der Waals surface area contributed by atoms with Gasteiger partial charge in [0.2, 0.25) is 0 Å². The Morgan fingerprint density at radius 2 is 1.67 bits per heavy atom. The van der Waals surface area contributed by atoms with Crippen LogP contribution < -0.4 is 10.1 Å². The summed E-state index contributed by atoms with van der Waals surface area (Å²) >= 11 is 0. The number of carbonyl (C=O) groups is 3. The van der Waals surface area contributed by atoms with Gasteiger partial charge in [-0.2, -0.15) is 0 Å². The number of ether oxygens (including phenoxy) is 2. The highest BCUT2D eigenvalue weighted by molar-refractivity contribution is 5.94. The summed E-state index contributed by atoms with van der Waals surface area (Å²) in [6, 6.07) is 19.5. The monoisotopic (exact) mass is 448 g/mol. The van der Waals surface area contributed by atoms with E-state index in [0.29, 0.717) is 43.1 Å². The topological polar surface area (TPSA) is 98.1 Å². The van der Waals surface area contributed by atoms with Crippen molar-refractivity contribution in [3.05, 3.63) is 78.8 Å². The lowest BCUT2D eigenvalue weighted by Crippen LogP contribution is -2.40. The van der Waals surface area contributed by atoms with Gasteiger partial charge in [-0.3, -0.25) is 14.4 Å². The van der Waals surface area contributed by atoms with Crippen LogP contribution in [0, 0.1) is 5.92 Å². The number of piperidine rings is 1. The second-order valence-electron chi connectivity index (χ2n) is 7.61. The van der Waals surface area contributed by atoms with Crippen molar-refractivity contribution < 1.29 is 28.3 Å². The van der Waals surface area contributed by atoms with Gasteiger partial charge in [0.1, 0.15) is 5.75 Å². The third kappa shape index (κ3) is 5.79. The van der Waals surface area contributed by atoms with Gasteiger partial charge in [0.25, 0.3) is 11.8 Å². The van der Waals surface area contributed by atoms with Crippen LogP contribution in [0.1, 0.15) is 23.4 Å². The molecule has 2 heterocycles. The van der Waals surface area contributed by atoms with Gasteiger partial charge in [0, 0.05) is 13.1 Å². The molecule has 0 bridgehead atoms. The van der Waals surface area contributed by atoms with E-state index >= 15 is 0 Å². The fourth-order valence-electron chi connectivity index (χ4n) is 3.59. The third-order valence-corrected chi connectivity index (χ3v) is 5.33. The first kappa shape index (κ1) is 22.1. The van der Waals surface area contributed by atoms with E-state index in [1.807, 2.05) is 30.3 Å². The fraction of sp³-hybridized carbons (Fsp3) is 0.240. The molecule has 1 N–H and O–H groups in total. The van der Waals surface area contributed by atoms with Gasteiger partial charge in [-0.15, -0.1) is 0 Å². The average molecular weight is 448 g/mol. The van der Waals surface area contributed by atoms with Crippen molar-refractivity contribution >= 4 is 23.5 Å². The molecule has 0 spiro atoms. The Balaban J connectivity index is 1.24. The Morgan fingerprint density at radius 3 is 2.39 bits per heavy atom. The molecule has 33 heavy (non-hydrogen) atoms. The minimum atomic E-state index is -0.460. The molecule has 170 valence electrons. The van der Waals surface area contributed by atoms with Gasteiger partial charge in [-0.1, -0.05) is 30.3 Å². The Morgan fingerprint density at radius 1 is 0.939 bits per heavy atom. The molecule has 0 aliphatic carbocycles. The first-order valence-corrected chi connectivity index (χ1v) is 10.7. The molecule has 1 aliphatic heterocycles. The lowest BCUT2D eigenvalue weighted by molar-refractivity contribution is -0.152. The number of nitrogens with zero attached hydrogens (tertiary/aromatic N) is 1. The third-order valence-electron chi connectivity index (χ3n) is 5.33. The number of likely N-dealkylation sites (tertiary alicyclic amines) is 1. The van der Waals surface area contributed by atoms with Gasteiger partial charge in [0.05, 0.1) is 17.9 Å². The Labute approximate surface area is 191 Å². The van der Waals surface area contributed by atoms with Crippen molar-refractivity contribution in [1.82, 2.24) is 4.90 Å². The van der Waals surface area contributed by atoms with Crippen molar-refractivity contribution in [1.29, 1.82) is 0 Å². The van der Waals surface area contributed by atoms with Crippen molar-refractivity contribution in [2.24, 2.45) is 5.92 Å². The van der Waals surface area contributed by atoms with Crippen LogP contribution in [0.4, 0.5) is 5.69 Å². The van der Waals surface area contributed by atoms with E-state index in [-0.39, 0.29) is 17.6 Å². The van der Waals surface area contributed by atoms with Gasteiger partial charge < -0.3 is 24.1 Å². The van der Waals surface area contributed by atoms with Gasteiger partial charge >= 0.3 is 5.97 Å². The smallest absolute Gasteiger partial charge is 0.309 e. The Hall–Kier alpha value is -4.07. The maximum Gasteiger partial charge on any atom is 0.309 e. The molecule has 1 fully saturated rings. The standard InChI is InChI=1S/C25H24N2O6/c28-23(26-20-9-4-5-10-21(20)33-19-7-2-1-3-8-19)17-32-25(30)18-12-14-27(15-13-18)24(29)22-11-6-16-31-22/h1-11,16,18H,12-15,17H2,(H,26,28). The summed E-state index contributed by atoms with van der Waals surface area (Å²) in [7, 11) is 0. The van der Waals surface area contributed by atoms with Gasteiger partial charge in [-0.25, -0.2) is 0 Å². The molecule has 0 saturated carbocycles. The summed E-state index contributed by atoms with van der Waals surface area (Å²) in [4.78, 5) is 38.8. The van der Waals surface area contributed by atoms with Crippen LogP contribution in [0.25, 0.3) is 0 Å². The van der Waals surface area contributed by atoms with Crippen LogP contribution >= 0.6 is 0 Å². The van der Waals surface area contributed by atoms with E-state index in [2.05, 4.69) is 5.32 Å². The first-order chi connectivity index (χ1) is 16.1. The largest absolute Gasteiger partial charge is 0.459 e. The number of hydrogen-bond acceptors (Lipinski definition) is 6. The van der Waals surface area contributed by atoms with Crippen LogP contribution in [0.15, 0.2) is 77.4 Å². The molecule has 1 saturated heterocycles. The summed E-state index contributed by atoms with van der Waals surface area (Å²) < 4.78 is 16.2. The quantitative estimate of drug-likeness (QED) is 0.547. The maximum atomic E-state index is 12.4. The van der Waals surface area contributed by atoms with E-state index in [4.69, 9.17) is 13.9 Å². The van der Waals surface area contributed by atoms with Crippen molar-refractivity contribution in [2.45, 2.75) is 12.8 Å². The minimum absolute atomic E-state index is 0.192. The lowest BCUT2D eigenvalue weighted by atomic mass is 9.97. The van der Waals surface area contributed by atoms with Crippen LogP contribution in [0.2, 0.25) is 0 Å². The maximum absolute atomic E-state index is 12.4. The normalized spacial score (nSPS) is 13.9. The predicted octanol–water partition coefficient (Wildman–Crippen LogP) is 4.11. The lowest BCUT2D eigenvalue weighted by Gasteiger charge is -2.30. The molecule has 0 unspecified atom stereocenters. The number of nitrogens with one attached hydrogen (secondary N) is 1. The Bertz CT molecular complexity index is 1090. The summed E-state index contributed by atoms with van der Waals surface area (Å²) in [6.07, 6.45) is 2.40. The molecule has 8 nitrogen and oxygen atoms in total. The molecule has 1 aromatic heterocycles. The minimum Gasteiger partial charge on any atom is -0.459 e. The zero-order valence-corrected chi connectivity index (χ0v) is 17.9. The van der Waals surface area contributed by atoms with Crippen LogP contribution in [0.5, 0.6) is 11.5 Å². The molecular weight excluding hydrogens is 424 g/mol. The fourth-order valence-corrected chi connectivity index (χ4v) is 3.59. The number of hydrogen-bond donors (Lipinski definition) is 1. The van der Waals surface area contributed by atoms with E-state index in [1.165, 1.54) is 6.26 Å². The number of anilines is 1. The van der Waals surface area contributed by atoms with Crippen molar-refractivity contribution in [3.8, 4) is 11.5 Å². The number of esters is 1. The SMILES string of the molecule is O=C(COC(=O)C1CCN(C(=O)c2ccco2)CC1)Nc1ccccc1Oc1ccccc1. The number of carbonyl (C=O) groups excluding carboxylic acids is 3. The van der Waals surface area contributed by atoms with E-state index in [9.17, 15) is 14.4 Å². The van der Waals surface area contributed by atoms with Gasteiger partial charge in [0.15, 0.2) is 18.1 Å². The molecule has 2 aromatic carbocycles.